The second kappa shape index (κ2) is 11.8. The van der Waals surface area contributed by atoms with Gasteiger partial charge in [0, 0.05) is 13.0 Å². The predicted octanol–water partition coefficient (Wildman–Crippen LogP) is 1.46. The van der Waals surface area contributed by atoms with Gasteiger partial charge in [-0.15, -0.1) is 0 Å². The van der Waals surface area contributed by atoms with Gasteiger partial charge in [-0.05, 0) is 27.8 Å². The molecule has 0 spiro atoms. The number of rotatable bonds is 12. The molecule has 1 atom stereocenters. The number of likely N-dealkylation sites (N-methyl/N-ethyl adjacent to an activating group) is 1. The molecule has 1 unspecified atom stereocenters. The Labute approximate surface area is 121 Å². The second-order valence-electron chi connectivity index (χ2n) is 5.03. The van der Waals surface area contributed by atoms with Gasteiger partial charge in [-0.3, -0.25) is 9.69 Å². The monoisotopic (exact) mass is 285 g/mol. The lowest BCUT2D eigenvalue weighted by atomic mass is 10.2. The Balaban J connectivity index is 3.61. The lowest BCUT2D eigenvalue weighted by molar-refractivity contribution is -0.118. The maximum atomic E-state index is 11.0. The summed E-state index contributed by atoms with van der Waals surface area (Å²) in [6.07, 6.45) is 3.31. The van der Waals surface area contributed by atoms with Gasteiger partial charge in [0.2, 0.25) is 0 Å². The summed E-state index contributed by atoms with van der Waals surface area (Å²) < 4.78 is 10.7. The molecule has 116 valence electrons. The molecular formula is C15H27NO4. The van der Waals surface area contributed by atoms with Crippen molar-refractivity contribution >= 4 is 12.1 Å². The summed E-state index contributed by atoms with van der Waals surface area (Å²) in [6, 6.07) is -0.199. The molecule has 0 saturated carbocycles. The molecule has 0 aliphatic carbocycles. The molecule has 0 aliphatic rings. The Morgan fingerprint density at radius 1 is 1.10 bits per heavy atom. The highest BCUT2D eigenvalue weighted by molar-refractivity contribution is 5.75. The first-order chi connectivity index (χ1) is 9.47. The third-order valence-corrected chi connectivity index (χ3v) is 2.71. The third-order valence-electron chi connectivity index (χ3n) is 2.71. The fraction of sp³-hybridized carbons (Fsp3) is 0.733. The smallest absolute Gasteiger partial charge is 0.141 e. The molecule has 5 nitrogen and oxygen atoms in total. The number of carbonyl (C=O) groups excluding carboxylic acids is 2. The number of aldehydes is 1. The van der Waals surface area contributed by atoms with E-state index in [1.165, 1.54) is 0 Å². The van der Waals surface area contributed by atoms with E-state index >= 15 is 0 Å². The molecule has 0 saturated heterocycles. The Hall–Kier alpha value is -1.04. The van der Waals surface area contributed by atoms with Crippen molar-refractivity contribution in [1.82, 2.24) is 4.90 Å². The standard InChI is InChI=1S/C15H27NO4/c1-13(2)11-15(12-17)16(4)6-8-20-10-9-19-7-5-14(3)18/h11-12,15H,5-10H2,1-4H3. The number of nitrogens with zero attached hydrogens (tertiary/aromatic N) is 1. The van der Waals surface area contributed by atoms with Crippen molar-refractivity contribution in [2.75, 3.05) is 40.0 Å². The first-order valence-corrected chi connectivity index (χ1v) is 6.93. The van der Waals surface area contributed by atoms with E-state index in [-0.39, 0.29) is 11.8 Å². The van der Waals surface area contributed by atoms with E-state index in [0.717, 1.165) is 11.9 Å². The van der Waals surface area contributed by atoms with Crippen molar-refractivity contribution in [2.24, 2.45) is 0 Å². The highest BCUT2D eigenvalue weighted by Crippen LogP contribution is 2.00. The first kappa shape index (κ1) is 19.0. The van der Waals surface area contributed by atoms with Gasteiger partial charge in [-0.2, -0.15) is 0 Å². The van der Waals surface area contributed by atoms with Crippen molar-refractivity contribution in [2.45, 2.75) is 33.2 Å². The Morgan fingerprint density at radius 3 is 2.20 bits per heavy atom. The molecule has 0 heterocycles. The molecule has 0 aromatic heterocycles. The average molecular weight is 285 g/mol. The molecule has 0 radical (unpaired) electrons. The van der Waals surface area contributed by atoms with Gasteiger partial charge in [-0.1, -0.05) is 11.6 Å². The molecular weight excluding hydrogens is 258 g/mol. The number of carbonyl (C=O) groups is 2. The van der Waals surface area contributed by atoms with Gasteiger partial charge in [0.25, 0.3) is 0 Å². The average Bonchev–Trinajstić information content (AvgIpc) is 2.38. The van der Waals surface area contributed by atoms with E-state index < -0.39 is 0 Å². The summed E-state index contributed by atoms with van der Waals surface area (Å²) in [5.74, 6) is 0.131. The van der Waals surface area contributed by atoms with E-state index in [9.17, 15) is 9.59 Å². The molecule has 0 aliphatic heterocycles. The maximum absolute atomic E-state index is 11.0. The van der Waals surface area contributed by atoms with Crippen molar-refractivity contribution in [3.63, 3.8) is 0 Å². The van der Waals surface area contributed by atoms with E-state index in [1.54, 1.807) is 6.92 Å². The van der Waals surface area contributed by atoms with Crippen molar-refractivity contribution < 1.29 is 19.1 Å². The number of hydrogen-bond acceptors (Lipinski definition) is 5. The van der Waals surface area contributed by atoms with Crippen LogP contribution in [-0.2, 0) is 19.1 Å². The molecule has 0 rings (SSSR count). The minimum absolute atomic E-state index is 0.131. The Kier molecular flexibility index (Phi) is 11.1. The van der Waals surface area contributed by atoms with E-state index in [2.05, 4.69) is 0 Å². The van der Waals surface area contributed by atoms with Gasteiger partial charge >= 0.3 is 0 Å². The highest BCUT2D eigenvalue weighted by Gasteiger charge is 2.10. The number of Topliss-reactive ketones (excluding diaryl/α,β-unsaturated/α-hetero) is 1. The lowest BCUT2D eigenvalue weighted by Crippen LogP contribution is -2.34. The summed E-state index contributed by atoms with van der Waals surface area (Å²) in [5.41, 5.74) is 1.12. The van der Waals surface area contributed by atoms with Gasteiger partial charge in [-0.25, -0.2) is 0 Å². The molecule has 5 heteroatoms. The van der Waals surface area contributed by atoms with Crippen LogP contribution in [-0.4, -0.2) is 63.0 Å². The van der Waals surface area contributed by atoms with E-state index in [4.69, 9.17) is 9.47 Å². The van der Waals surface area contributed by atoms with Crippen LogP contribution in [0.5, 0.6) is 0 Å². The summed E-state index contributed by atoms with van der Waals surface area (Å²) in [6.45, 7) is 8.16. The van der Waals surface area contributed by atoms with Crippen LogP contribution in [0.15, 0.2) is 11.6 Å². The van der Waals surface area contributed by atoms with Crippen molar-refractivity contribution in [3.05, 3.63) is 11.6 Å². The van der Waals surface area contributed by atoms with Crippen LogP contribution in [0.1, 0.15) is 27.2 Å². The minimum Gasteiger partial charge on any atom is -0.379 e. The largest absolute Gasteiger partial charge is 0.379 e. The lowest BCUT2D eigenvalue weighted by Gasteiger charge is -2.21. The summed E-state index contributed by atoms with van der Waals surface area (Å²) in [7, 11) is 1.89. The van der Waals surface area contributed by atoms with Crippen molar-refractivity contribution in [3.8, 4) is 0 Å². The molecule has 0 aromatic carbocycles. The Morgan fingerprint density at radius 2 is 1.70 bits per heavy atom. The van der Waals surface area contributed by atoms with Gasteiger partial charge in [0.15, 0.2) is 0 Å². The van der Waals surface area contributed by atoms with Crippen LogP contribution in [0.25, 0.3) is 0 Å². The first-order valence-electron chi connectivity index (χ1n) is 6.93. The van der Waals surface area contributed by atoms with Crippen LogP contribution in [0, 0.1) is 0 Å². The fourth-order valence-electron chi connectivity index (χ4n) is 1.51. The zero-order chi connectivity index (χ0) is 15.4. The number of ketones is 1. The normalized spacial score (nSPS) is 12.2. The molecule has 0 amide bonds. The van der Waals surface area contributed by atoms with E-state index in [0.29, 0.717) is 39.4 Å². The van der Waals surface area contributed by atoms with Crippen LogP contribution in [0.3, 0.4) is 0 Å². The SMILES string of the molecule is CC(=O)CCOCCOCCN(C)C(C=O)C=C(C)C. The number of allylic oxidation sites excluding steroid dienone is 1. The Bertz CT molecular complexity index is 311. The molecule has 0 N–H and O–H groups in total. The minimum atomic E-state index is -0.199. The zero-order valence-corrected chi connectivity index (χ0v) is 13.1. The van der Waals surface area contributed by atoms with E-state index in [1.807, 2.05) is 31.9 Å². The second-order valence-corrected chi connectivity index (χ2v) is 5.03. The quantitative estimate of drug-likeness (QED) is 0.309. The third kappa shape index (κ3) is 10.8. The van der Waals surface area contributed by atoms with Gasteiger partial charge < -0.3 is 14.3 Å². The summed E-state index contributed by atoms with van der Waals surface area (Å²) in [5, 5.41) is 0. The molecule has 0 aromatic rings. The van der Waals surface area contributed by atoms with Gasteiger partial charge in [0.1, 0.15) is 12.1 Å². The summed E-state index contributed by atoms with van der Waals surface area (Å²) in [4.78, 5) is 23.6. The zero-order valence-electron chi connectivity index (χ0n) is 13.1. The number of hydrogen-bond donors (Lipinski definition) is 0. The van der Waals surface area contributed by atoms with Crippen LogP contribution >= 0.6 is 0 Å². The molecule has 0 bridgehead atoms. The maximum Gasteiger partial charge on any atom is 0.141 e. The molecule has 20 heavy (non-hydrogen) atoms. The predicted molar refractivity (Wildman–Crippen MR) is 78.8 cm³/mol. The van der Waals surface area contributed by atoms with Crippen LogP contribution in [0.2, 0.25) is 0 Å². The van der Waals surface area contributed by atoms with Crippen molar-refractivity contribution in [1.29, 1.82) is 0 Å². The fourth-order valence-corrected chi connectivity index (χ4v) is 1.51. The molecule has 0 fully saturated rings. The highest BCUT2D eigenvalue weighted by atomic mass is 16.5. The van der Waals surface area contributed by atoms with Gasteiger partial charge in [0.05, 0.1) is 32.5 Å². The topological polar surface area (TPSA) is 55.8 Å². The number of ether oxygens (including phenoxy) is 2. The van der Waals surface area contributed by atoms with Crippen LogP contribution < -0.4 is 0 Å². The van der Waals surface area contributed by atoms with Crippen LogP contribution in [0.4, 0.5) is 0 Å². The summed E-state index contributed by atoms with van der Waals surface area (Å²) >= 11 is 0.